The van der Waals surface area contributed by atoms with Crippen LogP contribution in [0.2, 0.25) is 0 Å². The van der Waals surface area contributed by atoms with Crippen molar-refractivity contribution in [1.82, 2.24) is 0 Å². The molecule has 0 radical (unpaired) electrons. The molecular formula is C56H104O6. The summed E-state index contributed by atoms with van der Waals surface area (Å²) < 4.78 is 16.7. The van der Waals surface area contributed by atoms with E-state index in [2.05, 4.69) is 45.1 Å². The predicted molar refractivity (Wildman–Crippen MR) is 266 cm³/mol. The van der Waals surface area contributed by atoms with E-state index in [1.807, 2.05) is 0 Å². The summed E-state index contributed by atoms with van der Waals surface area (Å²) in [5.41, 5.74) is 0. The van der Waals surface area contributed by atoms with Gasteiger partial charge < -0.3 is 14.2 Å². The fourth-order valence-corrected chi connectivity index (χ4v) is 8.06. The van der Waals surface area contributed by atoms with Crippen molar-refractivity contribution < 1.29 is 28.6 Å². The standard InChI is InChI=1S/C56H104O6/c1-4-7-10-13-16-18-20-22-24-26-28-29-31-32-34-36-38-40-43-46-49-55(58)61-52-53(51-60-54(57)48-45-42-15-12-9-6-3)62-56(59)50-47-44-41-39-37-35-33-30-27-25-23-21-19-17-14-11-8-5-2/h19,21,25,27,53H,4-18,20,22-24,26,28-52H2,1-3H3/b21-19-,27-25-. The third kappa shape index (κ3) is 48.9. The Morgan fingerprint density at radius 1 is 0.323 bits per heavy atom. The highest BCUT2D eigenvalue weighted by Gasteiger charge is 2.19. The van der Waals surface area contributed by atoms with Gasteiger partial charge in [0.2, 0.25) is 0 Å². The van der Waals surface area contributed by atoms with E-state index >= 15 is 0 Å². The molecule has 364 valence electrons. The zero-order valence-electron chi connectivity index (χ0n) is 41.7. The van der Waals surface area contributed by atoms with Gasteiger partial charge in [0, 0.05) is 19.3 Å². The normalized spacial score (nSPS) is 12.1. The zero-order valence-corrected chi connectivity index (χ0v) is 41.7. The molecule has 0 aliphatic rings. The molecule has 0 amide bonds. The molecule has 0 saturated carbocycles. The first-order valence-electron chi connectivity index (χ1n) is 27.3. The molecule has 0 spiro atoms. The largest absolute Gasteiger partial charge is 0.462 e. The third-order valence-corrected chi connectivity index (χ3v) is 12.2. The van der Waals surface area contributed by atoms with Crippen molar-refractivity contribution in [3.05, 3.63) is 24.3 Å². The van der Waals surface area contributed by atoms with E-state index in [1.54, 1.807) is 0 Å². The summed E-state index contributed by atoms with van der Waals surface area (Å²) in [6, 6.07) is 0. The molecule has 6 nitrogen and oxygen atoms in total. The van der Waals surface area contributed by atoms with Crippen molar-refractivity contribution in [3.63, 3.8) is 0 Å². The van der Waals surface area contributed by atoms with E-state index in [0.29, 0.717) is 19.3 Å². The number of unbranched alkanes of at least 4 members (excludes halogenated alkanes) is 35. The van der Waals surface area contributed by atoms with Crippen LogP contribution in [-0.2, 0) is 28.6 Å². The van der Waals surface area contributed by atoms with Gasteiger partial charge in [-0.1, -0.05) is 251 Å². The van der Waals surface area contributed by atoms with Crippen molar-refractivity contribution in [2.75, 3.05) is 13.2 Å². The van der Waals surface area contributed by atoms with E-state index in [4.69, 9.17) is 14.2 Å². The molecule has 0 bridgehead atoms. The molecular weight excluding hydrogens is 769 g/mol. The highest BCUT2D eigenvalue weighted by Crippen LogP contribution is 2.16. The number of carbonyl (C=O) groups is 3. The third-order valence-electron chi connectivity index (χ3n) is 12.2. The Bertz CT molecular complexity index is 1000. The molecule has 1 atom stereocenters. The Labute approximate surface area is 385 Å². The number of esters is 3. The minimum absolute atomic E-state index is 0.0704. The predicted octanol–water partition coefficient (Wildman–Crippen LogP) is 17.9. The number of hydrogen-bond acceptors (Lipinski definition) is 6. The molecule has 0 rings (SSSR count). The lowest BCUT2D eigenvalue weighted by Gasteiger charge is -2.18. The molecule has 62 heavy (non-hydrogen) atoms. The number of hydrogen-bond donors (Lipinski definition) is 0. The van der Waals surface area contributed by atoms with Crippen LogP contribution in [0.4, 0.5) is 0 Å². The van der Waals surface area contributed by atoms with Crippen molar-refractivity contribution in [1.29, 1.82) is 0 Å². The average Bonchev–Trinajstić information content (AvgIpc) is 3.27. The van der Waals surface area contributed by atoms with Gasteiger partial charge in [0.1, 0.15) is 13.2 Å². The molecule has 0 aliphatic carbocycles. The lowest BCUT2D eigenvalue weighted by molar-refractivity contribution is -0.167. The van der Waals surface area contributed by atoms with Crippen LogP contribution in [0, 0.1) is 0 Å². The molecule has 6 heteroatoms. The second-order valence-electron chi connectivity index (χ2n) is 18.5. The van der Waals surface area contributed by atoms with Crippen LogP contribution in [0.15, 0.2) is 24.3 Å². The zero-order chi connectivity index (χ0) is 45.1. The van der Waals surface area contributed by atoms with E-state index in [0.717, 1.165) is 70.6 Å². The van der Waals surface area contributed by atoms with Crippen LogP contribution in [-0.4, -0.2) is 37.2 Å². The van der Waals surface area contributed by atoms with Gasteiger partial charge >= 0.3 is 17.9 Å². The number of allylic oxidation sites excluding steroid dienone is 4. The molecule has 1 unspecified atom stereocenters. The van der Waals surface area contributed by atoms with Crippen LogP contribution >= 0.6 is 0 Å². The van der Waals surface area contributed by atoms with Crippen molar-refractivity contribution >= 4 is 17.9 Å². The Morgan fingerprint density at radius 2 is 0.581 bits per heavy atom. The van der Waals surface area contributed by atoms with Gasteiger partial charge in [0.05, 0.1) is 0 Å². The summed E-state index contributed by atoms with van der Waals surface area (Å²) in [7, 11) is 0. The monoisotopic (exact) mass is 873 g/mol. The molecule has 0 aliphatic heterocycles. The topological polar surface area (TPSA) is 78.9 Å². The summed E-state index contributed by atoms with van der Waals surface area (Å²) in [6.45, 7) is 6.60. The highest BCUT2D eigenvalue weighted by atomic mass is 16.6. The van der Waals surface area contributed by atoms with E-state index in [-0.39, 0.29) is 31.1 Å². The number of rotatable bonds is 50. The molecule has 0 aromatic rings. The second kappa shape index (κ2) is 51.5. The van der Waals surface area contributed by atoms with Crippen LogP contribution in [0.1, 0.15) is 297 Å². The fourth-order valence-electron chi connectivity index (χ4n) is 8.06. The summed E-state index contributed by atoms with van der Waals surface area (Å²) in [4.78, 5) is 37.8. The first-order valence-corrected chi connectivity index (χ1v) is 27.3. The summed E-state index contributed by atoms with van der Waals surface area (Å²) in [5, 5.41) is 0. The van der Waals surface area contributed by atoms with E-state index in [1.165, 1.54) is 186 Å². The van der Waals surface area contributed by atoms with Gasteiger partial charge in [-0.2, -0.15) is 0 Å². The smallest absolute Gasteiger partial charge is 0.306 e. The van der Waals surface area contributed by atoms with Crippen LogP contribution in [0.25, 0.3) is 0 Å². The maximum Gasteiger partial charge on any atom is 0.306 e. The first kappa shape index (κ1) is 59.9. The van der Waals surface area contributed by atoms with Gasteiger partial charge in [-0.25, -0.2) is 0 Å². The lowest BCUT2D eigenvalue weighted by Crippen LogP contribution is -2.30. The molecule has 0 aromatic heterocycles. The van der Waals surface area contributed by atoms with Crippen molar-refractivity contribution in [3.8, 4) is 0 Å². The van der Waals surface area contributed by atoms with E-state index in [9.17, 15) is 14.4 Å². The van der Waals surface area contributed by atoms with Gasteiger partial charge in [-0.05, 0) is 51.4 Å². The molecule has 0 saturated heterocycles. The average molecular weight is 873 g/mol. The molecule has 0 fully saturated rings. The lowest BCUT2D eigenvalue weighted by atomic mass is 10.0. The van der Waals surface area contributed by atoms with Crippen molar-refractivity contribution in [2.45, 2.75) is 303 Å². The van der Waals surface area contributed by atoms with Gasteiger partial charge in [0.15, 0.2) is 6.10 Å². The molecule has 0 heterocycles. The first-order chi connectivity index (χ1) is 30.5. The molecule has 0 N–H and O–H groups in total. The van der Waals surface area contributed by atoms with Gasteiger partial charge in [-0.15, -0.1) is 0 Å². The SMILES string of the molecule is CCCCCC/C=C\C/C=C\CCCCCCCCCC(=O)OC(COC(=O)CCCCCCCC)COC(=O)CCCCCCCCCCCCCCCCCCCCCC. The number of carbonyl (C=O) groups excluding carboxylic acids is 3. The van der Waals surface area contributed by atoms with Crippen LogP contribution in [0.3, 0.4) is 0 Å². The van der Waals surface area contributed by atoms with Gasteiger partial charge in [-0.3, -0.25) is 14.4 Å². The molecule has 0 aromatic carbocycles. The highest BCUT2D eigenvalue weighted by molar-refractivity contribution is 5.71. The maximum absolute atomic E-state index is 12.8. The fraction of sp³-hybridized carbons (Fsp3) is 0.875. The Hall–Kier alpha value is -2.11. The quantitative estimate of drug-likeness (QED) is 0.0262. The summed E-state index contributed by atoms with van der Waals surface area (Å²) in [5.74, 6) is -0.873. The second-order valence-corrected chi connectivity index (χ2v) is 18.5. The van der Waals surface area contributed by atoms with Gasteiger partial charge in [0.25, 0.3) is 0 Å². The minimum Gasteiger partial charge on any atom is -0.462 e. The van der Waals surface area contributed by atoms with Crippen LogP contribution in [0.5, 0.6) is 0 Å². The Balaban J connectivity index is 4.14. The van der Waals surface area contributed by atoms with E-state index < -0.39 is 6.10 Å². The minimum atomic E-state index is -0.768. The Kier molecular flexibility index (Phi) is 49.8. The number of ether oxygens (including phenoxy) is 3. The van der Waals surface area contributed by atoms with Crippen LogP contribution < -0.4 is 0 Å². The Morgan fingerprint density at radius 3 is 0.903 bits per heavy atom. The van der Waals surface area contributed by atoms with Crippen molar-refractivity contribution in [2.24, 2.45) is 0 Å². The summed E-state index contributed by atoms with van der Waals surface area (Å²) >= 11 is 0. The summed E-state index contributed by atoms with van der Waals surface area (Å²) in [6.07, 6.45) is 59.1. The maximum atomic E-state index is 12.8.